The van der Waals surface area contributed by atoms with Crippen LogP contribution >= 0.6 is 0 Å². The lowest BCUT2D eigenvalue weighted by Crippen LogP contribution is -2.05. The van der Waals surface area contributed by atoms with E-state index in [4.69, 9.17) is 9.47 Å². The summed E-state index contributed by atoms with van der Waals surface area (Å²) in [5.74, 6) is -0.873. The number of hydrogen-bond acceptors (Lipinski definition) is 8. The second kappa shape index (κ2) is 11.0. The Morgan fingerprint density at radius 3 is 1.21 bits per heavy atom. The molecule has 0 unspecified atom stereocenters. The number of esters is 2. The highest BCUT2D eigenvalue weighted by molar-refractivity contribution is 5.89. The van der Waals surface area contributed by atoms with Crippen LogP contribution in [0.3, 0.4) is 0 Å². The minimum Gasteiger partial charge on any atom is -0.423 e. The number of nitro groups is 2. The van der Waals surface area contributed by atoms with Gasteiger partial charge in [0, 0.05) is 36.4 Å². The van der Waals surface area contributed by atoms with Crippen LogP contribution in [-0.4, -0.2) is 21.8 Å². The molecule has 0 aliphatic carbocycles. The zero-order valence-corrected chi connectivity index (χ0v) is 17.4. The van der Waals surface area contributed by atoms with E-state index in [2.05, 4.69) is 0 Å². The van der Waals surface area contributed by atoms with Crippen molar-refractivity contribution < 1.29 is 28.9 Å². The Balaban J connectivity index is 1.50. The average Bonchev–Trinajstić information content (AvgIpc) is 2.83. The summed E-state index contributed by atoms with van der Waals surface area (Å²) >= 11 is 0. The van der Waals surface area contributed by atoms with Crippen molar-refractivity contribution in [1.82, 2.24) is 0 Å². The molecule has 34 heavy (non-hydrogen) atoms. The predicted molar refractivity (Wildman–Crippen MR) is 122 cm³/mol. The van der Waals surface area contributed by atoms with Crippen molar-refractivity contribution in [3.8, 4) is 11.5 Å². The minimum absolute atomic E-state index is 0.0534. The number of hydrogen-bond donors (Lipinski definition) is 0. The van der Waals surface area contributed by atoms with Gasteiger partial charge in [0.1, 0.15) is 11.5 Å². The molecule has 0 aliphatic heterocycles. The molecule has 3 aromatic carbocycles. The van der Waals surface area contributed by atoms with Crippen molar-refractivity contribution in [2.45, 2.75) is 0 Å². The zero-order chi connectivity index (χ0) is 24.5. The highest BCUT2D eigenvalue weighted by atomic mass is 16.6. The van der Waals surface area contributed by atoms with Crippen LogP contribution in [-0.2, 0) is 9.59 Å². The van der Waals surface area contributed by atoms with E-state index in [0.29, 0.717) is 11.1 Å². The number of non-ortho nitro benzene ring substituents is 2. The van der Waals surface area contributed by atoms with E-state index < -0.39 is 21.8 Å². The first-order valence-electron chi connectivity index (χ1n) is 9.69. The average molecular weight is 460 g/mol. The fourth-order valence-electron chi connectivity index (χ4n) is 2.62. The van der Waals surface area contributed by atoms with Crippen molar-refractivity contribution in [3.05, 3.63) is 116 Å². The van der Waals surface area contributed by atoms with Crippen LogP contribution in [0.4, 0.5) is 11.4 Å². The van der Waals surface area contributed by atoms with Crippen LogP contribution in [0.1, 0.15) is 11.1 Å². The number of nitro benzene ring substituents is 2. The number of carbonyl (C=O) groups excluding carboxylic acids is 2. The molecule has 0 heterocycles. The van der Waals surface area contributed by atoms with Gasteiger partial charge in [-0.05, 0) is 71.8 Å². The highest BCUT2D eigenvalue weighted by Crippen LogP contribution is 2.19. The summed E-state index contributed by atoms with van der Waals surface area (Å²) in [7, 11) is 0. The number of rotatable bonds is 8. The molecule has 0 radical (unpaired) electrons. The SMILES string of the molecule is O=C(/C=C/c1ccc([N+](=O)[O-])cc1)Oc1ccc(OC(=O)/C=C/c2ccc([N+](=O)[O-])cc2)cc1. The Morgan fingerprint density at radius 1 is 0.588 bits per heavy atom. The van der Waals surface area contributed by atoms with Crippen molar-refractivity contribution in [1.29, 1.82) is 0 Å². The maximum atomic E-state index is 12.0. The summed E-state index contributed by atoms with van der Waals surface area (Å²) in [5.41, 5.74) is 1.07. The molecule has 0 N–H and O–H groups in total. The molecule has 0 aromatic heterocycles. The first-order chi connectivity index (χ1) is 16.3. The van der Waals surface area contributed by atoms with Gasteiger partial charge in [0.15, 0.2) is 0 Å². The molecule has 0 saturated heterocycles. The van der Waals surface area contributed by atoms with Crippen molar-refractivity contribution in [3.63, 3.8) is 0 Å². The lowest BCUT2D eigenvalue weighted by molar-refractivity contribution is -0.385. The second-order valence-electron chi connectivity index (χ2n) is 6.68. The van der Waals surface area contributed by atoms with E-state index in [1.165, 1.54) is 97.1 Å². The summed E-state index contributed by atoms with van der Waals surface area (Å²) in [6.07, 6.45) is 5.27. The van der Waals surface area contributed by atoms with Gasteiger partial charge in [-0.1, -0.05) is 0 Å². The normalized spacial score (nSPS) is 10.8. The molecule has 0 aliphatic rings. The van der Waals surface area contributed by atoms with Gasteiger partial charge >= 0.3 is 11.9 Å². The van der Waals surface area contributed by atoms with Gasteiger partial charge in [0.05, 0.1) is 9.85 Å². The molecule has 0 spiro atoms. The minimum atomic E-state index is -0.658. The smallest absolute Gasteiger partial charge is 0.336 e. The Bertz CT molecular complexity index is 1160. The molecule has 0 amide bonds. The fourth-order valence-corrected chi connectivity index (χ4v) is 2.62. The maximum Gasteiger partial charge on any atom is 0.336 e. The lowest BCUT2D eigenvalue weighted by atomic mass is 10.2. The maximum absolute atomic E-state index is 12.0. The molecule has 170 valence electrons. The fraction of sp³-hybridized carbons (Fsp3) is 0. The molecule has 10 nitrogen and oxygen atoms in total. The highest BCUT2D eigenvalue weighted by Gasteiger charge is 2.06. The van der Waals surface area contributed by atoms with Gasteiger partial charge in [-0.2, -0.15) is 0 Å². The van der Waals surface area contributed by atoms with Gasteiger partial charge in [-0.3, -0.25) is 20.2 Å². The van der Waals surface area contributed by atoms with Crippen LogP contribution in [0.15, 0.2) is 84.9 Å². The predicted octanol–water partition coefficient (Wildman–Crippen LogP) is 4.74. The van der Waals surface area contributed by atoms with E-state index >= 15 is 0 Å². The molecule has 0 fully saturated rings. The molecule has 3 rings (SSSR count). The summed E-state index contributed by atoms with van der Waals surface area (Å²) in [5, 5.41) is 21.3. The summed E-state index contributed by atoms with van der Waals surface area (Å²) in [6.45, 7) is 0. The third-order valence-electron chi connectivity index (χ3n) is 4.29. The Hall–Kier alpha value is -5.12. The van der Waals surface area contributed by atoms with Gasteiger partial charge in [0.2, 0.25) is 0 Å². The first kappa shape index (κ1) is 23.5. The van der Waals surface area contributed by atoms with Crippen LogP contribution in [0, 0.1) is 20.2 Å². The van der Waals surface area contributed by atoms with Crippen molar-refractivity contribution in [2.75, 3.05) is 0 Å². The van der Waals surface area contributed by atoms with Gasteiger partial charge in [-0.15, -0.1) is 0 Å². The standard InChI is InChI=1S/C24H16N2O8/c27-23(15-5-17-1-7-19(8-2-17)25(29)30)33-21-11-13-22(14-12-21)34-24(28)16-6-18-3-9-20(10-4-18)26(31)32/h1-16H/b15-5+,16-6+. The number of nitrogens with zero attached hydrogens (tertiary/aromatic N) is 2. The second-order valence-corrected chi connectivity index (χ2v) is 6.68. The monoisotopic (exact) mass is 460 g/mol. The van der Waals surface area contributed by atoms with E-state index in [1.54, 1.807) is 0 Å². The Kier molecular flexibility index (Phi) is 7.59. The zero-order valence-electron chi connectivity index (χ0n) is 17.4. The van der Waals surface area contributed by atoms with E-state index in [-0.39, 0.29) is 22.9 Å². The topological polar surface area (TPSA) is 139 Å². The summed E-state index contributed by atoms with van der Waals surface area (Å²) < 4.78 is 10.3. The van der Waals surface area contributed by atoms with Crippen LogP contribution in [0.25, 0.3) is 12.2 Å². The number of carbonyl (C=O) groups is 2. The molecule has 0 atom stereocenters. The number of ether oxygens (including phenoxy) is 2. The largest absolute Gasteiger partial charge is 0.423 e. The summed E-state index contributed by atoms with van der Waals surface area (Å²) in [6, 6.07) is 17.1. The third kappa shape index (κ3) is 6.95. The van der Waals surface area contributed by atoms with Crippen molar-refractivity contribution in [2.24, 2.45) is 0 Å². The molecule has 0 bridgehead atoms. The van der Waals surface area contributed by atoms with Crippen molar-refractivity contribution >= 4 is 35.5 Å². The molecule has 0 saturated carbocycles. The number of benzene rings is 3. The van der Waals surface area contributed by atoms with Gasteiger partial charge in [0.25, 0.3) is 11.4 Å². The van der Waals surface area contributed by atoms with Gasteiger partial charge < -0.3 is 9.47 Å². The lowest BCUT2D eigenvalue weighted by Gasteiger charge is -2.04. The van der Waals surface area contributed by atoms with Gasteiger partial charge in [-0.25, -0.2) is 9.59 Å². The van der Waals surface area contributed by atoms with Crippen LogP contribution in [0.5, 0.6) is 11.5 Å². The molecule has 10 heteroatoms. The summed E-state index contributed by atoms with van der Waals surface area (Å²) in [4.78, 5) is 44.2. The van der Waals surface area contributed by atoms with E-state index in [9.17, 15) is 29.8 Å². The third-order valence-corrected chi connectivity index (χ3v) is 4.29. The van der Waals surface area contributed by atoms with Crippen LogP contribution < -0.4 is 9.47 Å². The van der Waals surface area contributed by atoms with E-state index in [0.717, 1.165) is 0 Å². The van der Waals surface area contributed by atoms with E-state index in [1.807, 2.05) is 0 Å². The quantitative estimate of drug-likeness (QED) is 0.154. The first-order valence-corrected chi connectivity index (χ1v) is 9.69. The molecule has 3 aromatic rings. The Labute approximate surface area is 192 Å². The van der Waals surface area contributed by atoms with Crippen LogP contribution in [0.2, 0.25) is 0 Å². The molecular formula is C24H16N2O8. The Morgan fingerprint density at radius 2 is 0.912 bits per heavy atom. The molecular weight excluding hydrogens is 444 g/mol.